The number of aromatic nitrogens is 4. The van der Waals surface area contributed by atoms with E-state index in [1.165, 1.54) is 6.07 Å². The third-order valence-electron chi connectivity index (χ3n) is 4.44. The van der Waals surface area contributed by atoms with Gasteiger partial charge in [-0.2, -0.15) is 15.1 Å². The van der Waals surface area contributed by atoms with Gasteiger partial charge in [0.25, 0.3) is 0 Å². The second kappa shape index (κ2) is 7.51. The monoisotopic (exact) mass is 386 g/mol. The van der Waals surface area contributed by atoms with Gasteiger partial charge in [0.15, 0.2) is 17.5 Å². The molecule has 0 spiro atoms. The molecule has 1 fully saturated rings. The molecule has 0 aliphatic carbocycles. The van der Waals surface area contributed by atoms with E-state index in [9.17, 15) is 8.78 Å². The largest absolute Gasteiger partial charge is 0.378 e. The highest BCUT2D eigenvalue weighted by Crippen LogP contribution is 2.23. The number of hydrogen-bond donors (Lipinski definition) is 1. The standard InChI is InChI=1S/C19H20F2N6O/c1-12-9-13(2)27(25-12)18-11-17(26-5-7-28-8-6-26)23-19(24-18)22-14-3-4-15(20)16(21)10-14/h3-4,9-11H,5-8H2,1-2H3,(H,22,23,24). The summed E-state index contributed by atoms with van der Waals surface area (Å²) in [5.41, 5.74) is 2.17. The van der Waals surface area contributed by atoms with Gasteiger partial charge >= 0.3 is 0 Å². The van der Waals surface area contributed by atoms with Crippen molar-refractivity contribution in [3.05, 3.63) is 53.4 Å². The molecule has 0 unspecified atom stereocenters. The topological polar surface area (TPSA) is 68.1 Å². The lowest BCUT2D eigenvalue weighted by molar-refractivity contribution is 0.122. The summed E-state index contributed by atoms with van der Waals surface area (Å²) in [5, 5.41) is 7.45. The molecule has 0 bridgehead atoms. The zero-order valence-corrected chi connectivity index (χ0v) is 15.6. The molecule has 1 aliphatic rings. The molecule has 1 aliphatic heterocycles. The number of rotatable bonds is 4. The minimum atomic E-state index is -0.937. The maximum Gasteiger partial charge on any atom is 0.231 e. The molecule has 1 aromatic carbocycles. The molecule has 3 heterocycles. The summed E-state index contributed by atoms with van der Waals surface area (Å²) in [7, 11) is 0. The van der Waals surface area contributed by atoms with Crippen molar-refractivity contribution in [2.75, 3.05) is 36.5 Å². The van der Waals surface area contributed by atoms with Gasteiger partial charge in [0.1, 0.15) is 5.82 Å². The minimum absolute atomic E-state index is 0.276. The van der Waals surface area contributed by atoms with Gasteiger partial charge < -0.3 is 15.0 Å². The average Bonchev–Trinajstić information content (AvgIpc) is 3.03. The van der Waals surface area contributed by atoms with Crippen LogP contribution < -0.4 is 10.2 Å². The summed E-state index contributed by atoms with van der Waals surface area (Å²) in [5.74, 6) is -0.263. The van der Waals surface area contributed by atoms with Crippen LogP contribution in [0.25, 0.3) is 5.82 Å². The maximum absolute atomic E-state index is 13.6. The number of anilines is 3. The number of ether oxygens (including phenoxy) is 1. The molecule has 0 saturated carbocycles. The Balaban J connectivity index is 1.74. The Morgan fingerprint density at radius 1 is 0.964 bits per heavy atom. The zero-order valence-electron chi connectivity index (χ0n) is 15.6. The predicted octanol–water partition coefficient (Wildman–Crippen LogP) is 3.14. The van der Waals surface area contributed by atoms with Gasteiger partial charge in [0, 0.05) is 36.6 Å². The first kappa shape index (κ1) is 18.3. The van der Waals surface area contributed by atoms with E-state index in [0.29, 0.717) is 43.6 Å². The second-order valence-electron chi connectivity index (χ2n) is 6.60. The van der Waals surface area contributed by atoms with Crippen LogP contribution in [0.2, 0.25) is 0 Å². The molecular weight excluding hydrogens is 366 g/mol. The Morgan fingerprint density at radius 2 is 1.71 bits per heavy atom. The van der Waals surface area contributed by atoms with Crippen molar-refractivity contribution < 1.29 is 13.5 Å². The van der Waals surface area contributed by atoms with Gasteiger partial charge in [-0.15, -0.1) is 0 Å². The molecule has 3 aromatic rings. The number of aryl methyl sites for hydroxylation is 2. The van der Waals surface area contributed by atoms with E-state index >= 15 is 0 Å². The van der Waals surface area contributed by atoms with Crippen molar-refractivity contribution in [1.82, 2.24) is 19.7 Å². The predicted molar refractivity (Wildman–Crippen MR) is 101 cm³/mol. The van der Waals surface area contributed by atoms with Crippen molar-refractivity contribution in [3.63, 3.8) is 0 Å². The van der Waals surface area contributed by atoms with Crippen molar-refractivity contribution in [2.24, 2.45) is 0 Å². The molecular formula is C19H20F2N6O. The molecule has 9 heteroatoms. The number of morpholine rings is 1. The van der Waals surface area contributed by atoms with Crippen LogP contribution in [0.3, 0.4) is 0 Å². The molecule has 146 valence electrons. The van der Waals surface area contributed by atoms with E-state index in [2.05, 4.69) is 25.3 Å². The van der Waals surface area contributed by atoms with Crippen molar-refractivity contribution in [1.29, 1.82) is 0 Å². The van der Waals surface area contributed by atoms with Gasteiger partial charge in [-0.1, -0.05) is 0 Å². The van der Waals surface area contributed by atoms with Crippen LogP contribution in [0.15, 0.2) is 30.3 Å². The highest BCUT2D eigenvalue weighted by atomic mass is 19.2. The van der Waals surface area contributed by atoms with E-state index in [1.54, 1.807) is 4.68 Å². The molecule has 0 atom stereocenters. The maximum atomic E-state index is 13.6. The fourth-order valence-electron chi connectivity index (χ4n) is 3.10. The van der Waals surface area contributed by atoms with Crippen LogP contribution in [0.1, 0.15) is 11.4 Å². The molecule has 28 heavy (non-hydrogen) atoms. The number of nitrogens with zero attached hydrogens (tertiary/aromatic N) is 5. The van der Waals surface area contributed by atoms with Gasteiger partial charge in [-0.3, -0.25) is 0 Å². The highest BCUT2D eigenvalue weighted by molar-refractivity contribution is 5.57. The molecule has 0 amide bonds. The lowest BCUT2D eigenvalue weighted by atomic mass is 10.3. The smallest absolute Gasteiger partial charge is 0.231 e. The summed E-state index contributed by atoms with van der Waals surface area (Å²) in [4.78, 5) is 11.2. The van der Waals surface area contributed by atoms with E-state index in [-0.39, 0.29) is 5.95 Å². The van der Waals surface area contributed by atoms with E-state index in [0.717, 1.165) is 23.5 Å². The Bertz CT molecular complexity index is 1000. The highest BCUT2D eigenvalue weighted by Gasteiger charge is 2.17. The minimum Gasteiger partial charge on any atom is -0.378 e. The summed E-state index contributed by atoms with van der Waals surface area (Å²) in [6, 6.07) is 7.39. The summed E-state index contributed by atoms with van der Waals surface area (Å²) in [6.45, 7) is 6.50. The van der Waals surface area contributed by atoms with Crippen LogP contribution >= 0.6 is 0 Å². The van der Waals surface area contributed by atoms with Crippen LogP contribution in [0, 0.1) is 25.5 Å². The van der Waals surface area contributed by atoms with Gasteiger partial charge in [-0.25, -0.2) is 13.5 Å². The average molecular weight is 386 g/mol. The Kier molecular flexibility index (Phi) is 4.91. The first-order valence-electron chi connectivity index (χ1n) is 8.97. The van der Waals surface area contributed by atoms with Crippen molar-refractivity contribution in [3.8, 4) is 5.82 Å². The van der Waals surface area contributed by atoms with Gasteiger partial charge in [-0.05, 0) is 32.0 Å². The van der Waals surface area contributed by atoms with Crippen LogP contribution in [-0.2, 0) is 4.74 Å². The van der Waals surface area contributed by atoms with Crippen LogP contribution in [-0.4, -0.2) is 46.1 Å². The Hall–Kier alpha value is -3.07. The summed E-state index contributed by atoms with van der Waals surface area (Å²) in [6.07, 6.45) is 0. The number of nitrogens with one attached hydrogen (secondary N) is 1. The second-order valence-corrected chi connectivity index (χ2v) is 6.60. The molecule has 2 aromatic heterocycles. The Morgan fingerprint density at radius 3 is 2.39 bits per heavy atom. The summed E-state index contributed by atoms with van der Waals surface area (Å²) < 4.78 is 33.9. The molecule has 4 rings (SSSR count). The third kappa shape index (κ3) is 3.79. The first-order chi connectivity index (χ1) is 13.5. The van der Waals surface area contributed by atoms with Crippen LogP contribution in [0.5, 0.6) is 0 Å². The zero-order chi connectivity index (χ0) is 19.7. The number of halogens is 2. The van der Waals surface area contributed by atoms with Crippen molar-refractivity contribution >= 4 is 17.5 Å². The fraction of sp³-hybridized carbons (Fsp3) is 0.316. The Labute approximate surface area is 161 Å². The SMILES string of the molecule is Cc1cc(C)n(-c2cc(N3CCOCC3)nc(Nc3ccc(F)c(F)c3)n2)n1. The molecule has 1 N–H and O–H groups in total. The van der Waals surface area contributed by atoms with E-state index < -0.39 is 11.6 Å². The fourth-order valence-corrected chi connectivity index (χ4v) is 3.10. The summed E-state index contributed by atoms with van der Waals surface area (Å²) >= 11 is 0. The van der Waals surface area contributed by atoms with E-state index in [1.807, 2.05) is 26.0 Å². The number of benzene rings is 1. The third-order valence-corrected chi connectivity index (χ3v) is 4.44. The van der Waals surface area contributed by atoms with Crippen LogP contribution in [0.4, 0.5) is 26.2 Å². The molecule has 1 saturated heterocycles. The molecule has 7 nitrogen and oxygen atoms in total. The lowest BCUT2D eigenvalue weighted by Gasteiger charge is -2.28. The first-order valence-corrected chi connectivity index (χ1v) is 8.97. The lowest BCUT2D eigenvalue weighted by Crippen LogP contribution is -2.37. The normalized spacial score (nSPS) is 14.4. The van der Waals surface area contributed by atoms with Gasteiger partial charge in [0.05, 0.1) is 18.9 Å². The van der Waals surface area contributed by atoms with Gasteiger partial charge in [0.2, 0.25) is 5.95 Å². The van der Waals surface area contributed by atoms with E-state index in [4.69, 9.17) is 4.74 Å². The molecule has 0 radical (unpaired) electrons. The number of hydrogen-bond acceptors (Lipinski definition) is 6. The quantitative estimate of drug-likeness (QED) is 0.743. The van der Waals surface area contributed by atoms with Crippen molar-refractivity contribution in [2.45, 2.75) is 13.8 Å².